The van der Waals surface area contributed by atoms with Crippen LogP contribution in [-0.4, -0.2) is 9.55 Å². The van der Waals surface area contributed by atoms with Gasteiger partial charge in [-0.15, -0.1) is 0 Å². The second-order valence-corrected chi connectivity index (χ2v) is 5.89. The van der Waals surface area contributed by atoms with Gasteiger partial charge in [-0.2, -0.15) is 0 Å². The van der Waals surface area contributed by atoms with E-state index in [1.165, 1.54) is 22.3 Å². The van der Waals surface area contributed by atoms with E-state index in [0.29, 0.717) is 0 Å². The fourth-order valence-electron chi connectivity index (χ4n) is 3.12. The third-order valence-corrected chi connectivity index (χ3v) is 4.30. The zero-order chi connectivity index (χ0) is 17.1. The van der Waals surface area contributed by atoms with Crippen molar-refractivity contribution >= 4 is 10.9 Å². The largest absolute Gasteiger partial charge is 0.312 e. The van der Waals surface area contributed by atoms with E-state index < -0.39 is 0 Å². The molecular weight excluding hydrogens is 304 g/mol. The first kappa shape index (κ1) is 15.2. The van der Waals surface area contributed by atoms with Crippen LogP contribution in [0.1, 0.15) is 23.7 Å². The van der Waals surface area contributed by atoms with Crippen LogP contribution in [-0.2, 0) is 6.42 Å². The molecule has 0 N–H and O–H groups in total. The maximum Gasteiger partial charge on any atom is 0.0688 e. The Morgan fingerprint density at radius 3 is 2.44 bits per heavy atom. The Hall–Kier alpha value is -3.31. The first-order valence-corrected chi connectivity index (χ1v) is 8.47. The summed E-state index contributed by atoms with van der Waals surface area (Å²) in [6.07, 6.45) is 4.51. The second-order valence-electron chi connectivity index (χ2n) is 5.89. The highest BCUT2D eigenvalue weighted by Crippen LogP contribution is 2.27. The second kappa shape index (κ2) is 6.67. The number of fused-ring (bicyclic) bond motifs is 1. The van der Waals surface area contributed by atoms with Gasteiger partial charge >= 0.3 is 0 Å². The van der Waals surface area contributed by atoms with Gasteiger partial charge in [0, 0.05) is 40.3 Å². The summed E-state index contributed by atoms with van der Waals surface area (Å²) in [5.74, 6) is 6.61. The molecule has 120 valence electrons. The van der Waals surface area contributed by atoms with Crippen molar-refractivity contribution in [3.8, 4) is 17.5 Å². The topological polar surface area (TPSA) is 17.8 Å². The Labute approximate surface area is 147 Å². The highest BCUT2D eigenvalue weighted by Gasteiger charge is 2.11. The lowest BCUT2D eigenvalue weighted by Gasteiger charge is -2.10. The first-order chi connectivity index (χ1) is 12.4. The van der Waals surface area contributed by atoms with Crippen molar-refractivity contribution in [2.24, 2.45) is 0 Å². The lowest BCUT2D eigenvalue weighted by molar-refractivity contribution is 0.960. The predicted octanol–water partition coefficient (Wildman–Crippen LogP) is 4.99. The van der Waals surface area contributed by atoms with Crippen LogP contribution in [0.2, 0.25) is 0 Å². The molecule has 0 atom stereocenters. The zero-order valence-corrected chi connectivity index (χ0v) is 14.1. The van der Waals surface area contributed by atoms with E-state index in [0.717, 1.165) is 17.5 Å². The van der Waals surface area contributed by atoms with Crippen LogP contribution in [0.25, 0.3) is 16.6 Å². The minimum atomic E-state index is 0.973. The van der Waals surface area contributed by atoms with Crippen LogP contribution >= 0.6 is 0 Å². The summed E-state index contributed by atoms with van der Waals surface area (Å²) in [5.41, 5.74) is 5.65. The van der Waals surface area contributed by atoms with Crippen LogP contribution in [0.15, 0.2) is 79.1 Å². The molecule has 0 saturated heterocycles. The fraction of sp³-hybridized carbons (Fsp3) is 0.0870. The van der Waals surface area contributed by atoms with Gasteiger partial charge < -0.3 is 4.57 Å². The highest BCUT2D eigenvalue weighted by atomic mass is 15.0. The molecule has 0 fully saturated rings. The quantitative estimate of drug-likeness (QED) is 0.476. The molecule has 4 aromatic rings. The molecule has 2 heterocycles. The molecule has 0 aliphatic carbocycles. The number of rotatable bonds is 2. The summed E-state index contributed by atoms with van der Waals surface area (Å²) in [5, 5.41) is 1.22. The van der Waals surface area contributed by atoms with Gasteiger partial charge in [0.05, 0.1) is 5.52 Å². The summed E-state index contributed by atoms with van der Waals surface area (Å²) >= 11 is 0. The van der Waals surface area contributed by atoms with Gasteiger partial charge in [-0.05, 0) is 42.8 Å². The number of hydrogen-bond acceptors (Lipinski definition) is 1. The van der Waals surface area contributed by atoms with Crippen molar-refractivity contribution in [1.82, 2.24) is 9.55 Å². The summed E-state index contributed by atoms with van der Waals surface area (Å²) in [4.78, 5) is 4.05. The van der Waals surface area contributed by atoms with E-state index in [9.17, 15) is 0 Å². The molecule has 0 unspecified atom stereocenters. The molecule has 2 nitrogen and oxygen atoms in total. The predicted molar refractivity (Wildman–Crippen MR) is 103 cm³/mol. The Balaban J connectivity index is 1.95. The van der Waals surface area contributed by atoms with Crippen LogP contribution in [0.3, 0.4) is 0 Å². The van der Waals surface area contributed by atoms with E-state index in [2.05, 4.69) is 76.8 Å². The van der Waals surface area contributed by atoms with Crippen LogP contribution < -0.4 is 0 Å². The van der Waals surface area contributed by atoms with Gasteiger partial charge in [-0.1, -0.05) is 49.1 Å². The maximum atomic E-state index is 4.05. The number of para-hydroxylation sites is 2. The monoisotopic (exact) mass is 322 g/mol. The Morgan fingerprint density at radius 1 is 0.880 bits per heavy atom. The molecule has 0 radical (unpaired) electrons. The summed E-state index contributed by atoms with van der Waals surface area (Å²) in [6, 6.07) is 22.9. The average Bonchev–Trinajstić information content (AvgIpc) is 3.07. The third kappa shape index (κ3) is 2.93. The van der Waals surface area contributed by atoms with Crippen LogP contribution in [0, 0.1) is 11.8 Å². The van der Waals surface area contributed by atoms with E-state index >= 15 is 0 Å². The molecule has 0 aliphatic rings. The number of aromatic nitrogens is 2. The van der Waals surface area contributed by atoms with Crippen molar-refractivity contribution in [2.75, 3.05) is 0 Å². The molecular formula is C23H18N2. The SMILES string of the molecule is CCc1cc2cccc(C#Cc3ccncc3)c2n1-c1ccccc1. The molecule has 2 aromatic carbocycles. The smallest absolute Gasteiger partial charge is 0.0688 e. The van der Waals surface area contributed by atoms with Gasteiger partial charge in [0.1, 0.15) is 0 Å². The third-order valence-electron chi connectivity index (χ3n) is 4.30. The Kier molecular flexibility index (Phi) is 4.06. The van der Waals surface area contributed by atoms with Crippen molar-refractivity contribution in [2.45, 2.75) is 13.3 Å². The molecule has 0 amide bonds. The molecule has 0 spiro atoms. The molecule has 0 bridgehead atoms. The molecule has 2 aromatic heterocycles. The van der Waals surface area contributed by atoms with Crippen LogP contribution in [0.5, 0.6) is 0 Å². The number of pyridine rings is 1. The maximum absolute atomic E-state index is 4.05. The van der Waals surface area contributed by atoms with Gasteiger partial charge in [0.2, 0.25) is 0 Å². The Bertz CT molecular complexity index is 1060. The standard InChI is InChI=1S/C23H18N2/c1-2-21-17-20-8-6-7-19(12-11-18-13-15-24-16-14-18)23(20)25(21)22-9-4-3-5-10-22/h3-10,13-17H,2H2,1H3. The molecule has 4 rings (SSSR count). The highest BCUT2D eigenvalue weighted by molar-refractivity contribution is 5.88. The normalized spacial score (nSPS) is 10.4. The number of aryl methyl sites for hydroxylation is 1. The van der Waals surface area contributed by atoms with Gasteiger partial charge in [0.25, 0.3) is 0 Å². The van der Waals surface area contributed by atoms with Gasteiger partial charge in [-0.3, -0.25) is 4.98 Å². The van der Waals surface area contributed by atoms with Crippen molar-refractivity contribution in [3.05, 3.63) is 95.9 Å². The number of hydrogen-bond donors (Lipinski definition) is 0. The molecule has 0 saturated carbocycles. The summed E-state index contributed by atoms with van der Waals surface area (Å²) in [6.45, 7) is 2.19. The first-order valence-electron chi connectivity index (χ1n) is 8.47. The molecule has 2 heteroatoms. The van der Waals surface area contributed by atoms with E-state index in [4.69, 9.17) is 0 Å². The molecule has 25 heavy (non-hydrogen) atoms. The van der Waals surface area contributed by atoms with Gasteiger partial charge in [0.15, 0.2) is 0 Å². The summed E-state index contributed by atoms with van der Waals surface area (Å²) < 4.78 is 2.33. The van der Waals surface area contributed by atoms with E-state index in [1.807, 2.05) is 18.2 Å². The number of benzene rings is 2. The molecule has 0 aliphatic heterocycles. The minimum Gasteiger partial charge on any atom is -0.312 e. The lowest BCUT2D eigenvalue weighted by atomic mass is 10.1. The number of nitrogens with zero attached hydrogens (tertiary/aromatic N) is 2. The lowest BCUT2D eigenvalue weighted by Crippen LogP contribution is -1.99. The zero-order valence-electron chi connectivity index (χ0n) is 14.1. The minimum absolute atomic E-state index is 0.973. The van der Waals surface area contributed by atoms with Crippen molar-refractivity contribution < 1.29 is 0 Å². The summed E-state index contributed by atoms with van der Waals surface area (Å²) in [7, 11) is 0. The fourth-order valence-corrected chi connectivity index (χ4v) is 3.12. The van der Waals surface area contributed by atoms with Crippen molar-refractivity contribution in [1.29, 1.82) is 0 Å². The van der Waals surface area contributed by atoms with Crippen LogP contribution in [0.4, 0.5) is 0 Å². The van der Waals surface area contributed by atoms with E-state index in [1.54, 1.807) is 12.4 Å². The van der Waals surface area contributed by atoms with E-state index in [-0.39, 0.29) is 0 Å². The van der Waals surface area contributed by atoms with Gasteiger partial charge in [-0.25, -0.2) is 0 Å². The average molecular weight is 322 g/mol. The van der Waals surface area contributed by atoms with Crippen molar-refractivity contribution in [3.63, 3.8) is 0 Å². The Morgan fingerprint density at radius 2 is 1.68 bits per heavy atom.